The minimum Gasteiger partial charge on any atom is -0.444 e. The summed E-state index contributed by atoms with van der Waals surface area (Å²) < 4.78 is 6.17. The molecule has 0 fully saturated rings. The Hall–Kier alpha value is -0.550. The summed E-state index contributed by atoms with van der Waals surface area (Å²) in [5, 5.41) is 2.70. The van der Waals surface area contributed by atoms with Crippen LogP contribution in [-0.2, 0) is 11.3 Å². The first kappa shape index (κ1) is 12.5. The summed E-state index contributed by atoms with van der Waals surface area (Å²) in [5.41, 5.74) is -0.444. The molecule has 3 nitrogen and oxygen atoms in total. The van der Waals surface area contributed by atoms with Crippen LogP contribution in [0.4, 0.5) is 4.79 Å². The van der Waals surface area contributed by atoms with Gasteiger partial charge in [-0.05, 0) is 48.8 Å². The molecule has 0 aliphatic rings. The van der Waals surface area contributed by atoms with Crippen molar-refractivity contribution in [2.24, 2.45) is 0 Å². The molecular weight excluding hydrogens is 278 g/mol. The smallest absolute Gasteiger partial charge is 0.407 e. The van der Waals surface area contributed by atoms with Crippen LogP contribution in [0.3, 0.4) is 0 Å². The van der Waals surface area contributed by atoms with Crippen molar-refractivity contribution in [1.29, 1.82) is 0 Å². The van der Waals surface area contributed by atoms with Gasteiger partial charge in [0.15, 0.2) is 0 Å². The van der Waals surface area contributed by atoms with Gasteiger partial charge in [0.1, 0.15) is 5.60 Å². The number of hydrogen-bond donors (Lipinski definition) is 1. The van der Waals surface area contributed by atoms with E-state index in [1.165, 1.54) is 0 Å². The summed E-state index contributed by atoms with van der Waals surface area (Å²) in [7, 11) is 0. The first-order chi connectivity index (χ1) is 6.87. The number of thiophene rings is 1. The van der Waals surface area contributed by atoms with E-state index in [1.54, 1.807) is 11.3 Å². The molecule has 0 aliphatic carbocycles. The lowest BCUT2D eigenvalue weighted by molar-refractivity contribution is 0.0524. The Morgan fingerprint density at radius 2 is 2.20 bits per heavy atom. The van der Waals surface area contributed by atoms with Gasteiger partial charge < -0.3 is 10.1 Å². The van der Waals surface area contributed by atoms with Crippen LogP contribution in [0.2, 0.25) is 0 Å². The Balaban J connectivity index is 2.35. The molecule has 0 spiro atoms. The minimum absolute atomic E-state index is 0.382. The summed E-state index contributed by atoms with van der Waals surface area (Å²) in [6.07, 6.45) is -0.382. The van der Waals surface area contributed by atoms with E-state index in [1.807, 2.05) is 32.9 Å². The van der Waals surface area contributed by atoms with Crippen LogP contribution in [0.25, 0.3) is 0 Å². The molecule has 1 rings (SSSR count). The van der Waals surface area contributed by atoms with E-state index in [0.29, 0.717) is 6.54 Å². The molecule has 0 unspecified atom stereocenters. The Bertz CT molecular complexity index is 343. The van der Waals surface area contributed by atoms with E-state index in [9.17, 15) is 4.79 Å². The summed E-state index contributed by atoms with van der Waals surface area (Å²) in [6.45, 7) is 6.03. The van der Waals surface area contributed by atoms with Gasteiger partial charge in [0.25, 0.3) is 0 Å². The second-order valence-corrected chi connectivity index (χ2v) is 6.61. The second-order valence-electron chi connectivity index (χ2n) is 4.06. The van der Waals surface area contributed by atoms with E-state index in [0.717, 1.165) is 8.66 Å². The highest BCUT2D eigenvalue weighted by Gasteiger charge is 2.15. The van der Waals surface area contributed by atoms with Crippen LogP contribution in [-0.4, -0.2) is 11.7 Å². The van der Waals surface area contributed by atoms with Crippen molar-refractivity contribution in [3.05, 3.63) is 20.8 Å². The molecule has 0 radical (unpaired) electrons. The van der Waals surface area contributed by atoms with Gasteiger partial charge in [-0.2, -0.15) is 0 Å². The van der Waals surface area contributed by atoms with Gasteiger partial charge in [0.2, 0.25) is 0 Å². The fourth-order valence-electron chi connectivity index (χ4n) is 0.920. The van der Waals surface area contributed by atoms with Gasteiger partial charge in [0, 0.05) is 4.88 Å². The van der Waals surface area contributed by atoms with Gasteiger partial charge >= 0.3 is 6.09 Å². The third-order valence-corrected chi connectivity index (χ3v) is 3.06. The van der Waals surface area contributed by atoms with E-state index < -0.39 is 5.60 Å². The number of alkyl carbamates (subject to hydrolysis) is 1. The highest BCUT2D eigenvalue weighted by atomic mass is 79.9. The average molecular weight is 292 g/mol. The van der Waals surface area contributed by atoms with Crippen LogP contribution in [0, 0.1) is 0 Å². The molecule has 1 amide bonds. The van der Waals surface area contributed by atoms with Gasteiger partial charge in [0.05, 0.1) is 10.3 Å². The molecule has 1 heterocycles. The Morgan fingerprint density at radius 1 is 1.53 bits per heavy atom. The Morgan fingerprint density at radius 3 is 2.67 bits per heavy atom. The third-order valence-electron chi connectivity index (χ3n) is 1.43. The van der Waals surface area contributed by atoms with Crippen LogP contribution >= 0.6 is 27.3 Å². The van der Waals surface area contributed by atoms with Crippen molar-refractivity contribution in [1.82, 2.24) is 5.32 Å². The minimum atomic E-state index is -0.444. The molecule has 1 aromatic heterocycles. The number of nitrogens with one attached hydrogen (secondary N) is 1. The number of amides is 1. The zero-order chi connectivity index (χ0) is 11.5. The summed E-state index contributed by atoms with van der Waals surface area (Å²) in [4.78, 5) is 12.4. The standard InChI is InChI=1S/C10H14BrNO2S/c1-10(2,3)14-9(13)12-6-7-4-5-8(11)15-7/h4-5H,6H2,1-3H3,(H,12,13). The molecule has 0 aliphatic heterocycles. The van der Waals surface area contributed by atoms with Crippen LogP contribution in [0.5, 0.6) is 0 Å². The first-order valence-corrected chi connectivity index (χ1v) is 6.19. The highest BCUT2D eigenvalue weighted by molar-refractivity contribution is 9.11. The molecule has 0 bridgehead atoms. The molecular formula is C10H14BrNO2S. The van der Waals surface area contributed by atoms with Crippen molar-refractivity contribution in [3.8, 4) is 0 Å². The summed E-state index contributed by atoms with van der Waals surface area (Å²) in [5.74, 6) is 0. The van der Waals surface area contributed by atoms with Crippen LogP contribution in [0.1, 0.15) is 25.6 Å². The van der Waals surface area contributed by atoms with Crippen molar-refractivity contribution >= 4 is 33.4 Å². The maximum absolute atomic E-state index is 11.3. The van der Waals surface area contributed by atoms with Crippen molar-refractivity contribution in [2.75, 3.05) is 0 Å². The quantitative estimate of drug-likeness (QED) is 0.905. The normalized spacial score (nSPS) is 11.2. The molecule has 15 heavy (non-hydrogen) atoms. The molecule has 1 N–H and O–H groups in total. The van der Waals surface area contributed by atoms with Crippen LogP contribution in [0.15, 0.2) is 15.9 Å². The maximum Gasteiger partial charge on any atom is 0.407 e. The van der Waals surface area contributed by atoms with Gasteiger partial charge in [-0.15, -0.1) is 11.3 Å². The maximum atomic E-state index is 11.3. The number of carbonyl (C=O) groups excluding carboxylic acids is 1. The van der Waals surface area contributed by atoms with E-state index >= 15 is 0 Å². The summed E-state index contributed by atoms with van der Waals surface area (Å²) in [6, 6.07) is 3.92. The number of hydrogen-bond acceptors (Lipinski definition) is 3. The molecule has 5 heteroatoms. The number of carbonyl (C=O) groups is 1. The van der Waals surface area contributed by atoms with Crippen LogP contribution < -0.4 is 5.32 Å². The highest BCUT2D eigenvalue weighted by Crippen LogP contribution is 2.21. The predicted molar refractivity (Wildman–Crippen MR) is 65.1 cm³/mol. The van der Waals surface area contributed by atoms with Crippen molar-refractivity contribution < 1.29 is 9.53 Å². The Labute approximate surface area is 102 Å². The lowest BCUT2D eigenvalue weighted by Crippen LogP contribution is -2.31. The largest absolute Gasteiger partial charge is 0.444 e. The fraction of sp³-hybridized carbons (Fsp3) is 0.500. The third kappa shape index (κ3) is 5.18. The predicted octanol–water partition coefficient (Wildman–Crippen LogP) is 3.54. The molecule has 1 aromatic rings. The molecule has 0 aromatic carbocycles. The second kappa shape index (κ2) is 4.99. The van der Waals surface area contributed by atoms with Crippen molar-refractivity contribution in [3.63, 3.8) is 0 Å². The fourth-order valence-corrected chi connectivity index (χ4v) is 2.34. The van der Waals surface area contributed by atoms with E-state index in [2.05, 4.69) is 21.2 Å². The molecule has 0 saturated carbocycles. The van der Waals surface area contributed by atoms with Gasteiger partial charge in [-0.1, -0.05) is 0 Å². The Kier molecular flexibility index (Phi) is 4.16. The lowest BCUT2D eigenvalue weighted by Gasteiger charge is -2.19. The summed E-state index contributed by atoms with van der Waals surface area (Å²) >= 11 is 4.96. The first-order valence-electron chi connectivity index (χ1n) is 4.58. The number of halogens is 1. The average Bonchev–Trinajstić information content (AvgIpc) is 2.45. The van der Waals surface area contributed by atoms with E-state index in [-0.39, 0.29) is 6.09 Å². The molecule has 0 atom stereocenters. The number of ether oxygens (including phenoxy) is 1. The lowest BCUT2D eigenvalue weighted by atomic mass is 10.2. The zero-order valence-corrected chi connectivity index (χ0v) is 11.4. The number of rotatable bonds is 2. The van der Waals surface area contributed by atoms with Gasteiger partial charge in [-0.3, -0.25) is 0 Å². The molecule has 84 valence electrons. The van der Waals surface area contributed by atoms with Crippen molar-refractivity contribution in [2.45, 2.75) is 32.9 Å². The zero-order valence-electron chi connectivity index (χ0n) is 8.96. The van der Waals surface area contributed by atoms with Gasteiger partial charge in [-0.25, -0.2) is 4.79 Å². The molecule has 0 saturated heterocycles. The monoisotopic (exact) mass is 291 g/mol. The van der Waals surface area contributed by atoms with E-state index in [4.69, 9.17) is 4.74 Å². The topological polar surface area (TPSA) is 38.3 Å². The SMILES string of the molecule is CC(C)(C)OC(=O)NCc1ccc(Br)s1.